The van der Waals surface area contributed by atoms with Gasteiger partial charge in [0.25, 0.3) is 5.91 Å². The molecule has 40 heavy (non-hydrogen) atoms. The molecule has 3 fully saturated rings. The van der Waals surface area contributed by atoms with E-state index in [-0.39, 0.29) is 48.1 Å². The number of oxime groups is 1. The molecular weight excluding hydrogens is 504 g/mol. The lowest BCUT2D eigenvalue weighted by Gasteiger charge is -2.58. The molecule has 1 amide bonds. The van der Waals surface area contributed by atoms with Gasteiger partial charge in [-0.15, -0.1) is 0 Å². The van der Waals surface area contributed by atoms with E-state index in [1.165, 1.54) is 24.8 Å². The molecule has 2 N–H and O–H groups in total. The van der Waals surface area contributed by atoms with Crippen molar-refractivity contribution in [2.45, 2.75) is 84.5 Å². The topological polar surface area (TPSA) is 105 Å². The van der Waals surface area contributed by atoms with Crippen LogP contribution in [-0.4, -0.2) is 41.6 Å². The highest BCUT2D eigenvalue weighted by Gasteiger charge is 2.59. The molecule has 0 aliphatic heterocycles. The van der Waals surface area contributed by atoms with Gasteiger partial charge in [0.2, 0.25) is 0 Å². The molecule has 1 aromatic rings. The molecule has 1 aromatic carbocycles. The highest BCUT2D eigenvalue weighted by molar-refractivity contribution is 5.96. The molecule has 0 saturated heterocycles. The molecule has 0 unspecified atom stereocenters. The number of Topliss-reactive ketones (excluding diaryl/α,β-unsaturated/α-hetero) is 1. The molecule has 7 nitrogen and oxygen atoms in total. The van der Waals surface area contributed by atoms with Gasteiger partial charge in [-0.2, -0.15) is 0 Å². The van der Waals surface area contributed by atoms with E-state index < -0.39 is 5.97 Å². The van der Waals surface area contributed by atoms with Crippen LogP contribution in [0.15, 0.2) is 47.1 Å². The Morgan fingerprint density at radius 2 is 1.82 bits per heavy atom. The summed E-state index contributed by atoms with van der Waals surface area (Å²) in [6.45, 7) is 6.67. The lowest BCUT2D eigenvalue weighted by Crippen LogP contribution is -2.51. The average Bonchev–Trinajstić information content (AvgIpc) is 3.29. The van der Waals surface area contributed by atoms with Crippen LogP contribution < -0.4 is 5.32 Å². The number of benzene rings is 1. The van der Waals surface area contributed by atoms with Crippen LogP contribution in [0.4, 0.5) is 0 Å². The van der Waals surface area contributed by atoms with Crippen molar-refractivity contribution in [3.63, 3.8) is 0 Å². The predicted octanol–water partition coefficient (Wildman–Crippen LogP) is 5.90. The molecule has 0 heterocycles. The van der Waals surface area contributed by atoms with Crippen molar-refractivity contribution in [1.29, 1.82) is 0 Å². The first-order valence-electron chi connectivity index (χ1n) is 15.1. The quantitative estimate of drug-likeness (QED) is 0.374. The Morgan fingerprint density at radius 3 is 2.55 bits per heavy atom. The van der Waals surface area contributed by atoms with Gasteiger partial charge in [-0.1, -0.05) is 54.9 Å². The Morgan fingerprint density at radius 1 is 1.05 bits per heavy atom. The second-order valence-corrected chi connectivity index (χ2v) is 13.2. The average molecular weight is 549 g/mol. The first-order valence-corrected chi connectivity index (χ1v) is 15.1. The van der Waals surface area contributed by atoms with Crippen molar-refractivity contribution >= 4 is 23.4 Å². The third-order valence-electron chi connectivity index (χ3n) is 11.1. The number of hydrogen-bond donors (Lipinski definition) is 2. The maximum absolute atomic E-state index is 12.4. The zero-order valence-corrected chi connectivity index (χ0v) is 24.2. The molecule has 0 bridgehead atoms. The number of ketones is 1. The highest BCUT2D eigenvalue weighted by Crippen LogP contribution is 2.66. The second kappa shape index (κ2) is 11.5. The van der Waals surface area contributed by atoms with Crippen LogP contribution in [0.2, 0.25) is 0 Å². The summed E-state index contributed by atoms with van der Waals surface area (Å²) in [5.41, 5.74) is 3.59. The van der Waals surface area contributed by atoms with Gasteiger partial charge in [-0.05, 0) is 98.5 Å². The minimum atomic E-state index is -0.900. The summed E-state index contributed by atoms with van der Waals surface area (Å²) in [4.78, 5) is 41.6. The number of fused-ring (bicyclic) bond motifs is 5. The highest BCUT2D eigenvalue weighted by atomic mass is 16.6. The van der Waals surface area contributed by atoms with E-state index in [1.807, 2.05) is 30.3 Å². The number of carbonyl (C=O) groups is 3. The molecule has 0 aromatic heterocycles. The van der Waals surface area contributed by atoms with Gasteiger partial charge < -0.3 is 15.3 Å². The standard InChI is InChI=1S/C33H44N2O5/c1-21(36)27-11-12-28-26-10-9-24-18-25(13-15-32(24,2)29(26)14-16-33(27,28)3)35-40-20-30(37)34-19-23(17-31(38)39)22-7-5-4-6-8-22/h4-8,18,23,26-29H,9-17,19-20H2,1-3H3,(H,34,37)(H,38,39)/b35-25+/t23-,26-,27+,28-,29-,32-,33+/m0/s1. The SMILES string of the molecule is CC(=O)[C@H]1CC[C@H]2[C@@H]3CCC4=C/C(=N/OCC(=O)NC[C@H](CC(=O)O)c5ccccc5)CC[C@]4(C)[C@H]3CC[C@]12C. The monoisotopic (exact) mass is 548 g/mol. The second-order valence-electron chi connectivity index (χ2n) is 13.2. The van der Waals surface area contributed by atoms with Crippen LogP contribution in [-0.2, 0) is 19.2 Å². The summed E-state index contributed by atoms with van der Waals surface area (Å²) in [5.74, 6) is 1.13. The maximum Gasteiger partial charge on any atom is 0.304 e. The zero-order valence-electron chi connectivity index (χ0n) is 24.2. The molecule has 7 atom stereocenters. The van der Waals surface area contributed by atoms with E-state index in [9.17, 15) is 19.5 Å². The zero-order chi connectivity index (χ0) is 28.5. The third kappa shape index (κ3) is 5.48. The van der Waals surface area contributed by atoms with Gasteiger partial charge in [0, 0.05) is 18.4 Å². The number of amides is 1. The Labute approximate surface area is 237 Å². The van der Waals surface area contributed by atoms with E-state index in [0.717, 1.165) is 43.4 Å². The largest absolute Gasteiger partial charge is 0.481 e. The van der Waals surface area contributed by atoms with Crippen molar-refractivity contribution in [2.24, 2.45) is 39.7 Å². The molecule has 5 rings (SSSR count). The Kier molecular flexibility index (Phi) is 8.21. The number of nitrogens with one attached hydrogen (secondary N) is 1. The molecular formula is C33H44N2O5. The van der Waals surface area contributed by atoms with Gasteiger partial charge in [0.15, 0.2) is 6.61 Å². The van der Waals surface area contributed by atoms with E-state index in [0.29, 0.717) is 23.5 Å². The lowest BCUT2D eigenvalue weighted by atomic mass is 9.46. The van der Waals surface area contributed by atoms with Crippen molar-refractivity contribution in [1.82, 2.24) is 5.32 Å². The predicted molar refractivity (Wildman–Crippen MR) is 154 cm³/mol. The van der Waals surface area contributed by atoms with E-state index in [2.05, 4.69) is 30.4 Å². The van der Waals surface area contributed by atoms with E-state index >= 15 is 0 Å². The Hall–Kier alpha value is -2.96. The van der Waals surface area contributed by atoms with E-state index in [4.69, 9.17) is 4.84 Å². The number of carboxylic acids is 1. The summed E-state index contributed by atoms with van der Waals surface area (Å²) >= 11 is 0. The first-order chi connectivity index (χ1) is 19.1. The number of aliphatic carboxylic acids is 1. The van der Waals surface area contributed by atoms with Crippen LogP contribution in [0.1, 0.15) is 90.0 Å². The summed E-state index contributed by atoms with van der Waals surface area (Å²) in [5, 5.41) is 16.4. The van der Waals surface area contributed by atoms with Crippen LogP contribution >= 0.6 is 0 Å². The minimum Gasteiger partial charge on any atom is -0.481 e. The van der Waals surface area contributed by atoms with Crippen LogP contribution in [0.5, 0.6) is 0 Å². The first kappa shape index (κ1) is 28.6. The number of rotatable bonds is 9. The van der Waals surface area contributed by atoms with Crippen LogP contribution in [0, 0.1) is 34.5 Å². The van der Waals surface area contributed by atoms with Gasteiger partial charge in [0.05, 0.1) is 12.1 Å². The molecule has 4 aliphatic rings. The third-order valence-corrected chi connectivity index (χ3v) is 11.1. The van der Waals surface area contributed by atoms with Crippen molar-refractivity contribution < 1.29 is 24.3 Å². The Bertz CT molecular complexity index is 1190. The van der Waals surface area contributed by atoms with E-state index in [1.54, 1.807) is 6.92 Å². The van der Waals surface area contributed by atoms with Crippen LogP contribution in [0.25, 0.3) is 0 Å². The maximum atomic E-state index is 12.4. The summed E-state index contributed by atoms with van der Waals surface area (Å²) in [6, 6.07) is 9.37. The fourth-order valence-electron chi connectivity index (χ4n) is 9.02. The minimum absolute atomic E-state index is 0.0566. The number of hydrogen-bond acceptors (Lipinski definition) is 5. The summed E-state index contributed by atoms with van der Waals surface area (Å²) < 4.78 is 0. The molecule has 7 heteroatoms. The van der Waals surface area contributed by atoms with Crippen molar-refractivity contribution in [2.75, 3.05) is 13.2 Å². The van der Waals surface area contributed by atoms with Crippen molar-refractivity contribution in [3.05, 3.63) is 47.5 Å². The smallest absolute Gasteiger partial charge is 0.304 e. The summed E-state index contributed by atoms with van der Waals surface area (Å²) in [6.07, 6.45) is 10.9. The number of carbonyl (C=O) groups excluding carboxylic acids is 2. The fourth-order valence-corrected chi connectivity index (χ4v) is 9.02. The lowest BCUT2D eigenvalue weighted by molar-refractivity contribution is -0.137. The van der Waals surface area contributed by atoms with Gasteiger partial charge in [0.1, 0.15) is 5.78 Å². The van der Waals surface area contributed by atoms with Crippen LogP contribution in [0.3, 0.4) is 0 Å². The number of nitrogens with zero attached hydrogens (tertiary/aromatic N) is 1. The number of allylic oxidation sites excluding steroid dienone is 2. The molecule has 0 radical (unpaired) electrons. The molecule has 4 aliphatic carbocycles. The normalized spacial score (nSPS) is 34.6. The van der Waals surface area contributed by atoms with Gasteiger partial charge in [-0.25, -0.2) is 0 Å². The van der Waals surface area contributed by atoms with Crippen molar-refractivity contribution in [3.8, 4) is 0 Å². The molecule has 0 spiro atoms. The van der Waals surface area contributed by atoms with Gasteiger partial charge in [-0.3, -0.25) is 14.4 Å². The number of carboxylic acid groups (broad SMARTS) is 1. The fraction of sp³-hybridized carbons (Fsp3) is 0.636. The Balaban J connectivity index is 1.17. The molecule has 216 valence electrons. The molecule has 3 saturated carbocycles. The van der Waals surface area contributed by atoms with Gasteiger partial charge >= 0.3 is 5.97 Å². The summed E-state index contributed by atoms with van der Waals surface area (Å²) in [7, 11) is 0.